The maximum absolute atomic E-state index is 12.8. The predicted octanol–water partition coefficient (Wildman–Crippen LogP) is 3.92. The zero-order valence-corrected chi connectivity index (χ0v) is 17.7. The van der Waals surface area contributed by atoms with Crippen molar-refractivity contribution in [2.75, 3.05) is 19.5 Å². The Morgan fingerprint density at radius 3 is 2.55 bits per heavy atom. The van der Waals surface area contributed by atoms with Crippen LogP contribution in [-0.4, -0.2) is 31.4 Å². The Bertz CT molecular complexity index is 889. The lowest BCUT2D eigenvalue weighted by Gasteiger charge is -2.24. The second-order valence-electron chi connectivity index (χ2n) is 8.39. The van der Waals surface area contributed by atoms with E-state index in [2.05, 4.69) is 37.5 Å². The first kappa shape index (κ1) is 21.1. The zero-order valence-electron chi connectivity index (χ0n) is 17.7. The molecule has 29 heavy (non-hydrogen) atoms. The molecule has 0 aromatic heterocycles. The number of amides is 2. The zero-order chi connectivity index (χ0) is 21.2. The van der Waals surface area contributed by atoms with Gasteiger partial charge in [0.15, 0.2) is 0 Å². The number of fused-ring (bicyclic) bond motifs is 1. The quantitative estimate of drug-likeness (QED) is 0.713. The Hall–Kier alpha value is -2.57. The van der Waals surface area contributed by atoms with Crippen LogP contribution in [0.15, 0.2) is 36.4 Å². The summed E-state index contributed by atoms with van der Waals surface area (Å²) >= 11 is 0. The first-order valence-electron chi connectivity index (χ1n) is 9.78. The molecule has 0 radical (unpaired) electrons. The number of ether oxygens (including phenoxy) is 2. The molecule has 1 aliphatic rings. The molecule has 0 saturated heterocycles. The molecule has 2 aromatic rings. The minimum atomic E-state index is -0.335. The molecule has 0 fully saturated rings. The summed E-state index contributed by atoms with van der Waals surface area (Å²) < 4.78 is 11.1. The summed E-state index contributed by atoms with van der Waals surface area (Å²) in [6.45, 7) is 6.07. The fraction of sp³-hybridized carbons (Fsp3) is 0.435. The van der Waals surface area contributed by atoms with Gasteiger partial charge in [0, 0.05) is 12.7 Å². The Kier molecular flexibility index (Phi) is 6.15. The lowest BCUT2D eigenvalue weighted by atomic mass is 9.85. The third kappa shape index (κ3) is 4.38. The van der Waals surface area contributed by atoms with Crippen molar-refractivity contribution in [1.82, 2.24) is 5.32 Å². The molecule has 2 unspecified atom stereocenters. The van der Waals surface area contributed by atoms with Gasteiger partial charge in [-0.2, -0.15) is 0 Å². The molecule has 0 spiro atoms. The van der Waals surface area contributed by atoms with Crippen LogP contribution >= 0.6 is 0 Å². The molecule has 3 rings (SSSR count). The van der Waals surface area contributed by atoms with Crippen LogP contribution in [0.1, 0.15) is 49.1 Å². The van der Waals surface area contributed by atoms with Crippen LogP contribution in [0.25, 0.3) is 0 Å². The van der Waals surface area contributed by atoms with Crippen LogP contribution in [0, 0.1) is 0 Å². The maximum Gasteiger partial charge on any atom is 0.319 e. The van der Waals surface area contributed by atoms with Gasteiger partial charge < -0.3 is 25.2 Å². The van der Waals surface area contributed by atoms with E-state index in [4.69, 9.17) is 9.47 Å². The highest BCUT2D eigenvalue weighted by molar-refractivity contribution is 5.92. The molecule has 2 atom stereocenters. The Balaban J connectivity index is 1.82. The SMILES string of the molecule is COc1c(CO)cc(C(C)(C)C)cc1NC(=O)NC1Cc2ccccc2C1OC. The highest BCUT2D eigenvalue weighted by Gasteiger charge is 2.33. The Morgan fingerprint density at radius 2 is 1.93 bits per heavy atom. The number of aliphatic hydroxyl groups excluding tert-OH is 1. The van der Waals surface area contributed by atoms with E-state index in [9.17, 15) is 9.90 Å². The number of aliphatic hydroxyl groups is 1. The van der Waals surface area contributed by atoms with Crippen molar-refractivity contribution in [3.05, 3.63) is 58.7 Å². The molecule has 2 aromatic carbocycles. The standard InChI is InChI=1S/C23H30N2O4/c1-23(2,3)16-10-15(13-26)20(28-4)19(12-16)25-22(27)24-18-11-14-8-6-7-9-17(14)21(18)29-5/h6-10,12,18,21,26H,11,13H2,1-5H3,(H2,24,25,27). The number of nitrogens with one attached hydrogen (secondary N) is 2. The van der Waals surface area contributed by atoms with Crippen LogP contribution < -0.4 is 15.4 Å². The molecular formula is C23H30N2O4. The van der Waals surface area contributed by atoms with E-state index in [1.165, 1.54) is 12.7 Å². The van der Waals surface area contributed by atoms with Gasteiger partial charge in [0.2, 0.25) is 0 Å². The first-order chi connectivity index (χ1) is 13.8. The second kappa shape index (κ2) is 8.43. The summed E-state index contributed by atoms with van der Waals surface area (Å²) in [5.74, 6) is 0.466. The molecule has 6 heteroatoms. The van der Waals surface area contributed by atoms with E-state index in [0.29, 0.717) is 23.4 Å². The van der Waals surface area contributed by atoms with E-state index in [1.807, 2.05) is 30.3 Å². The van der Waals surface area contributed by atoms with Crippen molar-refractivity contribution in [2.24, 2.45) is 0 Å². The van der Waals surface area contributed by atoms with Crippen molar-refractivity contribution < 1.29 is 19.4 Å². The molecule has 0 bridgehead atoms. The van der Waals surface area contributed by atoms with Crippen molar-refractivity contribution in [2.45, 2.75) is 51.4 Å². The van der Waals surface area contributed by atoms with Gasteiger partial charge in [0.25, 0.3) is 0 Å². The van der Waals surface area contributed by atoms with E-state index in [0.717, 1.165) is 11.1 Å². The number of methoxy groups -OCH3 is 2. The number of carbonyl (C=O) groups excluding carboxylic acids is 1. The average Bonchev–Trinajstić information content (AvgIpc) is 3.03. The van der Waals surface area contributed by atoms with Gasteiger partial charge in [-0.05, 0) is 40.7 Å². The van der Waals surface area contributed by atoms with Crippen LogP contribution in [0.4, 0.5) is 10.5 Å². The number of rotatable bonds is 5. The largest absolute Gasteiger partial charge is 0.494 e. The number of anilines is 1. The smallest absolute Gasteiger partial charge is 0.319 e. The molecule has 156 valence electrons. The Morgan fingerprint density at radius 1 is 1.21 bits per heavy atom. The number of carbonyl (C=O) groups is 1. The van der Waals surface area contributed by atoms with Crippen molar-refractivity contribution >= 4 is 11.7 Å². The molecular weight excluding hydrogens is 368 g/mol. The number of urea groups is 1. The monoisotopic (exact) mass is 398 g/mol. The van der Waals surface area contributed by atoms with Gasteiger partial charge >= 0.3 is 6.03 Å². The Labute approximate surface area is 172 Å². The summed E-state index contributed by atoms with van der Waals surface area (Å²) in [4.78, 5) is 12.8. The highest BCUT2D eigenvalue weighted by atomic mass is 16.5. The minimum absolute atomic E-state index is 0.142. The van der Waals surface area contributed by atoms with Gasteiger partial charge in [-0.1, -0.05) is 45.0 Å². The summed E-state index contributed by atoms with van der Waals surface area (Å²) in [6, 6.07) is 11.4. The first-order valence-corrected chi connectivity index (χ1v) is 9.78. The fourth-order valence-corrected chi connectivity index (χ4v) is 3.88. The summed E-state index contributed by atoms with van der Waals surface area (Å²) in [5.41, 5.74) is 4.32. The molecule has 0 saturated carbocycles. The van der Waals surface area contributed by atoms with E-state index >= 15 is 0 Å². The summed E-state index contributed by atoms with van der Waals surface area (Å²) in [6.07, 6.45) is 0.524. The van der Waals surface area contributed by atoms with Crippen LogP contribution in [-0.2, 0) is 23.2 Å². The van der Waals surface area contributed by atoms with Gasteiger partial charge in [-0.15, -0.1) is 0 Å². The third-order valence-electron chi connectivity index (χ3n) is 5.39. The van der Waals surface area contributed by atoms with Gasteiger partial charge in [0.1, 0.15) is 11.9 Å². The average molecular weight is 399 g/mol. The molecule has 1 aliphatic carbocycles. The fourth-order valence-electron chi connectivity index (χ4n) is 3.88. The lowest BCUT2D eigenvalue weighted by molar-refractivity contribution is 0.0817. The second-order valence-corrected chi connectivity index (χ2v) is 8.39. The van der Waals surface area contributed by atoms with E-state index in [1.54, 1.807) is 7.11 Å². The minimum Gasteiger partial charge on any atom is -0.494 e. The van der Waals surface area contributed by atoms with Gasteiger partial charge in [0.05, 0.1) is 25.4 Å². The van der Waals surface area contributed by atoms with Gasteiger partial charge in [-0.25, -0.2) is 4.79 Å². The third-order valence-corrected chi connectivity index (χ3v) is 5.39. The van der Waals surface area contributed by atoms with E-state index < -0.39 is 0 Å². The van der Waals surface area contributed by atoms with Crippen LogP contribution in [0.3, 0.4) is 0 Å². The van der Waals surface area contributed by atoms with Crippen molar-refractivity contribution in [3.8, 4) is 5.75 Å². The summed E-state index contributed by atoms with van der Waals surface area (Å²) in [7, 11) is 3.19. The number of hydrogen-bond acceptors (Lipinski definition) is 4. The van der Waals surface area contributed by atoms with E-state index in [-0.39, 0.29) is 30.2 Å². The summed E-state index contributed by atoms with van der Waals surface area (Å²) in [5, 5.41) is 15.7. The highest BCUT2D eigenvalue weighted by Crippen LogP contribution is 2.36. The topological polar surface area (TPSA) is 79.8 Å². The number of benzene rings is 2. The van der Waals surface area contributed by atoms with Crippen molar-refractivity contribution in [1.29, 1.82) is 0 Å². The van der Waals surface area contributed by atoms with Crippen LogP contribution in [0.2, 0.25) is 0 Å². The molecule has 3 N–H and O–H groups in total. The maximum atomic E-state index is 12.8. The molecule has 0 heterocycles. The van der Waals surface area contributed by atoms with Crippen molar-refractivity contribution in [3.63, 3.8) is 0 Å². The molecule has 2 amide bonds. The number of hydrogen-bond donors (Lipinski definition) is 3. The van der Waals surface area contributed by atoms with Crippen LogP contribution in [0.5, 0.6) is 5.75 Å². The normalized spacial score (nSPS) is 18.3. The lowest BCUT2D eigenvalue weighted by Crippen LogP contribution is -2.41. The van der Waals surface area contributed by atoms with Gasteiger partial charge in [-0.3, -0.25) is 0 Å². The predicted molar refractivity (Wildman–Crippen MR) is 113 cm³/mol. The molecule has 0 aliphatic heterocycles. The molecule has 6 nitrogen and oxygen atoms in total.